The summed E-state index contributed by atoms with van der Waals surface area (Å²) in [5.74, 6) is -0.940. The van der Waals surface area contributed by atoms with Crippen molar-refractivity contribution in [2.45, 2.75) is 19.4 Å². The molecular weight excluding hydrogens is 273 g/mol. The zero-order valence-corrected chi connectivity index (χ0v) is 12.2. The number of ketones is 1. The summed E-state index contributed by atoms with van der Waals surface area (Å²) in [4.78, 5) is 11.5. The van der Waals surface area contributed by atoms with Crippen molar-refractivity contribution in [3.05, 3.63) is 47.5 Å². The maximum Gasteiger partial charge on any atom is 0.164 e. The van der Waals surface area contributed by atoms with Crippen molar-refractivity contribution in [1.29, 1.82) is 0 Å². The smallest absolute Gasteiger partial charge is 0.164 e. The van der Waals surface area contributed by atoms with Crippen molar-refractivity contribution in [2.75, 3.05) is 11.9 Å². The van der Waals surface area contributed by atoms with E-state index in [4.69, 9.17) is 0 Å². The third-order valence-electron chi connectivity index (χ3n) is 3.32. The number of hydrogen-bond acceptors (Lipinski definition) is 4. The Morgan fingerprint density at radius 2 is 2.24 bits per heavy atom. The van der Waals surface area contributed by atoms with Gasteiger partial charge in [0.05, 0.1) is 11.8 Å². The standard InChI is InChI=1S/C15H18FN3O2/c1-10(20)14-12(16)5-4-6-13(14)17-9-15(2,21)11-7-18-19(3)8-11/h4-8,17,21H,9H2,1-3H3/t15-/m0/s1. The van der Waals surface area contributed by atoms with Gasteiger partial charge in [0, 0.05) is 31.0 Å². The number of carbonyl (C=O) groups excluding carboxylic acids is 1. The minimum absolute atomic E-state index is 0.000475. The van der Waals surface area contributed by atoms with Gasteiger partial charge in [-0.05, 0) is 26.0 Å². The predicted octanol–water partition coefficient (Wildman–Crippen LogP) is 2.08. The molecule has 1 aromatic carbocycles. The molecule has 2 N–H and O–H groups in total. The highest BCUT2D eigenvalue weighted by atomic mass is 19.1. The summed E-state index contributed by atoms with van der Waals surface area (Å²) in [5, 5.41) is 17.4. The van der Waals surface area contributed by atoms with Crippen molar-refractivity contribution >= 4 is 11.5 Å². The van der Waals surface area contributed by atoms with Gasteiger partial charge in [-0.15, -0.1) is 0 Å². The Morgan fingerprint density at radius 1 is 1.52 bits per heavy atom. The number of aromatic nitrogens is 2. The number of benzene rings is 1. The summed E-state index contributed by atoms with van der Waals surface area (Å²) in [6.07, 6.45) is 3.28. The van der Waals surface area contributed by atoms with E-state index >= 15 is 0 Å². The summed E-state index contributed by atoms with van der Waals surface area (Å²) >= 11 is 0. The molecule has 0 unspecified atom stereocenters. The van der Waals surface area contributed by atoms with Crippen LogP contribution < -0.4 is 5.32 Å². The predicted molar refractivity (Wildman–Crippen MR) is 77.7 cm³/mol. The van der Waals surface area contributed by atoms with Crippen LogP contribution in [-0.2, 0) is 12.6 Å². The monoisotopic (exact) mass is 291 g/mol. The topological polar surface area (TPSA) is 67.2 Å². The molecule has 21 heavy (non-hydrogen) atoms. The molecule has 0 saturated heterocycles. The first-order valence-electron chi connectivity index (χ1n) is 6.56. The molecule has 0 amide bonds. The van der Waals surface area contributed by atoms with Crippen molar-refractivity contribution < 1.29 is 14.3 Å². The Kier molecular flexibility index (Phi) is 4.09. The van der Waals surface area contributed by atoms with E-state index in [9.17, 15) is 14.3 Å². The highest BCUT2D eigenvalue weighted by Crippen LogP contribution is 2.24. The number of rotatable bonds is 5. The number of aliphatic hydroxyl groups is 1. The molecule has 6 heteroatoms. The van der Waals surface area contributed by atoms with E-state index in [0.29, 0.717) is 11.3 Å². The molecule has 0 bridgehead atoms. The quantitative estimate of drug-likeness (QED) is 0.828. The van der Waals surface area contributed by atoms with E-state index in [-0.39, 0.29) is 17.9 Å². The van der Waals surface area contributed by atoms with Crippen LogP contribution in [0.4, 0.5) is 10.1 Å². The van der Waals surface area contributed by atoms with E-state index in [1.807, 2.05) is 0 Å². The molecule has 1 atom stereocenters. The Hall–Kier alpha value is -2.21. The summed E-state index contributed by atoms with van der Waals surface area (Å²) in [6, 6.07) is 4.36. The third-order valence-corrected chi connectivity index (χ3v) is 3.32. The first-order chi connectivity index (χ1) is 9.81. The Labute approximate surface area is 122 Å². The van der Waals surface area contributed by atoms with E-state index < -0.39 is 11.4 Å². The summed E-state index contributed by atoms with van der Waals surface area (Å²) in [5.41, 5.74) is -0.182. The van der Waals surface area contributed by atoms with Gasteiger partial charge in [0.1, 0.15) is 11.4 Å². The molecule has 0 fully saturated rings. The van der Waals surface area contributed by atoms with Gasteiger partial charge >= 0.3 is 0 Å². The fraction of sp³-hybridized carbons (Fsp3) is 0.333. The molecule has 0 saturated carbocycles. The molecule has 112 valence electrons. The molecular formula is C15H18FN3O2. The van der Waals surface area contributed by atoms with Gasteiger partial charge in [0.25, 0.3) is 0 Å². The molecule has 0 radical (unpaired) electrons. The first-order valence-corrected chi connectivity index (χ1v) is 6.56. The Bertz CT molecular complexity index is 665. The van der Waals surface area contributed by atoms with E-state index in [0.717, 1.165) is 0 Å². The SMILES string of the molecule is CC(=O)c1c(F)cccc1NC[C@](C)(O)c1cnn(C)c1. The van der Waals surface area contributed by atoms with Gasteiger partial charge in [-0.2, -0.15) is 5.10 Å². The molecule has 0 aliphatic heterocycles. The van der Waals surface area contributed by atoms with Crippen molar-refractivity contribution in [2.24, 2.45) is 7.05 Å². The molecule has 1 heterocycles. The van der Waals surface area contributed by atoms with E-state index in [1.54, 1.807) is 37.1 Å². The number of carbonyl (C=O) groups is 1. The highest BCUT2D eigenvalue weighted by Gasteiger charge is 2.25. The van der Waals surface area contributed by atoms with Crippen molar-refractivity contribution in [1.82, 2.24) is 9.78 Å². The second-order valence-electron chi connectivity index (χ2n) is 5.25. The second-order valence-corrected chi connectivity index (χ2v) is 5.25. The Morgan fingerprint density at radius 3 is 2.81 bits per heavy atom. The average molecular weight is 291 g/mol. The largest absolute Gasteiger partial charge is 0.383 e. The maximum absolute atomic E-state index is 13.7. The van der Waals surface area contributed by atoms with Crippen LogP contribution in [0.2, 0.25) is 0 Å². The molecule has 2 aromatic rings. The van der Waals surface area contributed by atoms with Crippen LogP contribution in [0.25, 0.3) is 0 Å². The van der Waals surface area contributed by atoms with Gasteiger partial charge in [-0.1, -0.05) is 6.07 Å². The lowest BCUT2D eigenvalue weighted by atomic mass is 9.99. The van der Waals surface area contributed by atoms with Crippen LogP contribution in [0.1, 0.15) is 29.8 Å². The van der Waals surface area contributed by atoms with Gasteiger partial charge in [-0.25, -0.2) is 4.39 Å². The number of nitrogens with zero attached hydrogens (tertiary/aromatic N) is 2. The zero-order valence-electron chi connectivity index (χ0n) is 12.2. The lowest BCUT2D eigenvalue weighted by Gasteiger charge is -2.23. The fourth-order valence-electron chi connectivity index (χ4n) is 2.10. The average Bonchev–Trinajstić information content (AvgIpc) is 2.83. The van der Waals surface area contributed by atoms with Crippen LogP contribution in [0, 0.1) is 5.82 Å². The molecule has 2 rings (SSSR count). The number of Topliss-reactive ketones (excluding diaryl/α,β-unsaturated/α-hetero) is 1. The third kappa shape index (κ3) is 3.28. The van der Waals surface area contributed by atoms with Gasteiger partial charge in [-0.3, -0.25) is 9.48 Å². The first kappa shape index (κ1) is 15.2. The van der Waals surface area contributed by atoms with Gasteiger partial charge in [0.15, 0.2) is 5.78 Å². The lowest BCUT2D eigenvalue weighted by molar-refractivity contribution is 0.0713. The van der Waals surface area contributed by atoms with E-state index in [1.165, 1.54) is 19.1 Å². The number of hydrogen-bond donors (Lipinski definition) is 2. The van der Waals surface area contributed by atoms with Crippen molar-refractivity contribution in [3.63, 3.8) is 0 Å². The van der Waals surface area contributed by atoms with Crippen LogP contribution in [0.3, 0.4) is 0 Å². The number of anilines is 1. The highest BCUT2D eigenvalue weighted by molar-refractivity contribution is 5.99. The Balaban J connectivity index is 2.20. The molecule has 5 nitrogen and oxygen atoms in total. The minimum atomic E-state index is -1.19. The van der Waals surface area contributed by atoms with Gasteiger partial charge in [0.2, 0.25) is 0 Å². The van der Waals surface area contributed by atoms with Crippen molar-refractivity contribution in [3.8, 4) is 0 Å². The summed E-state index contributed by atoms with van der Waals surface area (Å²) in [6.45, 7) is 3.06. The van der Waals surface area contributed by atoms with Gasteiger partial charge < -0.3 is 10.4 Å². The summed E-state index contributed by atoms with van der Waals surface area (Å²) < 4.78 is 15.3. The number of nitrogens with one attached hydrogen (secondary N) is 1. The lowest BCUT2D eigenvalue weighted by Crippen LogP contribution is -2.30. The van der Waals surface area contributed by atoms with Crippen LogP contribution >= 0.6 is 0 Å². The normalized spacial score (nSPS) is 13.8. The minimum Gasteiger partial charge on any atom is -0.383 e. The van der Waals surface area contributed by atoms with E-state index in [2.05, 4.69) is 10.4 Å². The fourth-order valence-corrected chi connectivity index (χ4v) is 2.10. The summed E-state index contributed by atoms with van der Waals surface area (Å²) in [7, 11) is 1.76. The molecule has 0 aliphatic rings. The van der Waals surface area contributed by atoms with Crippen LogP contribution in [0.5, 0.6) is 0 Å². The molecule has 0 spiro atoms. The molecule has 1 aromatic heterocycles. The maximum atomic E-state index is 13.7. The number of halogens is 1. The van der Waals surface area contributed by atoms with Crippen LogP contribution in [0.15, 0.2) is 30.6 Å². The van der Waals surface area contributed by atoms with Crippen LogP contribution in [-0.4, -0.2) is 27.2 Å². The molecule has 0 aliphatic carbocycles. The zero-order chi connectivity index (χ0) is 15.6. The second kappa shape index (κ2) is 5.65. The number of aryl methyl sites for hydroxylation is 1.